The molecule has 2 amide bonds. The number of rotatable bonds is 10. The standard InChI is InChI=1S/C28H31ClN2O2/c1-3-21-13-15-22(16-14-21)17-18-27(32)31(20-24-11-7-8-12-25(24)29)26(28(33)30-2)19-23-9-5-4-6-10-23/h4-16,26H,3,17-20H2,1-2H3,(H,30,33)/t26-/m1/s1. The average Bonchev–Trinajstić information content (AvgIpc) is 2.86. The van der Waals surface area contributed by atoms with E-state index >= 15 is 0 Å². The van der Waals surface area contributed by atoms with E-state index in [0.717, 1.165) is 23.1 Å². The lowest BCUT2D eigenvalue weighted by Gasteiger charge is -2.31. The Morgan fingerprint density at radius 1 is 0.879 bits per heavy atom. The van der Waals surface area contributed by atoms with Gasteiger partial charge < -0.3 is 10.2 Å². The molecular weight excluding hydrogens is 432 g/mol. The van der Waals surface area contributed by atoms with Crippen LogP contribution in [0.15, 0.2) is 78.9 Å². The zero-order valence-corrected chi connectivity index (χ0v) is 20.0. The fourth-order valence-corrected chi connectivity index (χ4v) is 4.06. The molecule has 3 aromatic carbocycles. The molecule has 3 rings (SSSR count). The van der Waals surface area contributed by atoms with Crippen molar-refractivity contribution in [3.63, 3.8) is 0 Å². The van der Waals surface area contributed by atoms with Gasteiger partial charge in [-0.15, -0.1) is 0 Å². The number of aryl methyl sites for hydroxylation is 2. The Bertz CT molecular complexity index is 1050. The smallest absolute Gasteiger partial charge is 0.242 e. The van der Waals surface area contributed by atoms with Gasteiger partial charge in [0, 0.05) is 31.5 Å². The summed E-state index contributed by atoms with van der Waals surface area (Å²) in [6, 6.07) is 24.9. The highest BCUT2D eigenvalue weighted by Crippen LogP contribution is 2.21. The van der Waals surface area contributed by atoms with Gasteiger partial charge in [0.25, 0.3) is 0 Å². The van der Waals surface area contributed by atoms with E-state index in [1.807, 2.05) is 48.5 Å². The van der Waals surface area contributed by atoms with Gasteiger partial charge >= 0.3 is 0 Å². The van der Waals surface area contributed by atoms with Gasteiger partial charge in [-0.2, -0.15) is 0 Å². The maximum absolute atomic E-state index is 13.5. The average molecular weight is 463 g/mol. The molecule has 0 aliphatic carbocycles. The number of nitrogens with one attached hydrogen (secondary N) is 1. The van der Waals surface area contributed by atoms with Crippen molar-refractivity contribution in [2.24, 2.45) is 0 Å². The van der Waals surface area contributed by atoms with Gasteiger partial charge in [-0.25, -0.2) is 0 Å². The first-order valence-electron chi connectivity index (χ1n) is 11.4. The molecule has 0 saturated carbocycles. The van der Waals surface area contributed by atoms with Crippen LogP contribution in [0.3, 0.4) is 0 Å². The second kappa shape index (κ2) is 12.2. The van der Waals surface area contributed by atoms with E-state index in [0.29, 0.717) is 24.3 Å². The predicted molar refractivity (Wildman–Crippen MR) is 134 cm³/mol. The van der Waals surface area contributed by atoms with Crippen LogP contribution in [-0.4, -0.2) is 29.8 Å². The van der Waals surface area contributed by atoms with E-state index in [1.165, 1.54) is 5.56 Å². The molecule has 0 bridgehead atoms. The van der Waals surface area contributed by atoms with Crippen molar-refractivity contribution in [2.75, 3.05) is 7.05 Å². The van der Waals surface area contributed by atoms with E-state index in [4.69, 9.17) is 11.6 Å². The Morgan fingerprint density at radius 3 is 2.15 bits per heavy atom. The van der Waals surface area contributed by atoms with Gasteiger partial charge in [0.15, 0.2) is 0 Å². The van der Waals surface area contributed by atoms with Gasteiger partial charge in [-0.05, 0) is 41.2 Å². The van der Waals surface area contributed by atoms with Gasteiger partial charge in [0.05, 0.1) is 0 Å². The monoisotopic (exact) mass is 462 g/mol. The minimum atomic E-state index is -0.636. The minimum Gasteiger partial charge on any atom is -0.357 e. The summed E-state index contributed by atoms with van der Waals surface area (Å²) >= 11 is 6.41. The molecule has 3 aromatic rings. The molecule has 0 aromatic heterocycles. The van der Waals surface area contributed by atoms with Crippen molar-refractivity contribution in [2.45, 2.75) is 45.2 Å². The van der Waals surface area contributed by atoms with Crippen LogP contribution < -0.4 is 5.32 Å². The Balaban J connectivity index is 1.86. The van der Waals surface area contributed by atoms with E-state index in [1.54, 1.807) is 18.0 Å². The fourth-order valence-electron chi connectivity index (χ4n) is 3.87. The molecule has 4 nitrogen and oxygen atoms in total. The summed E-state index contributed by atoms with van der Waals surface area (Å²) in [5.74, 6) is -0.259. The van der Waals surface area contributed by atoms with Gasteiger partial charge in [-0.3, -0.25) is 9.59 Å². The molecule has 33 heavy (non-hydrogen) atoms. The van der Waals surface area contributed by atoms with Gasteiger partial charge in [0.1, 0.15) is 6.04 Å². The van der Waals surface area contributed by atoms with Crippen LogP contribution >= 0.6 is 11.6 Å². The molecule has 5 heteroatoms. The number of amides is 2. The van der Waals surface area contributed by atoms with E-state index < -0.39 is 6.04 Å². The fraction of sp³-hybridized carbons (Fsp3) is 0.286. The lowest BCUT2D eigenvalue weighted by Crippen LogP contribution is -2.49. The molecule has 0 aliphatic rings. The third-order valence-electron chi connectivity index (χ3n) is 5.87. The van der Waals surface area contributed by atoms with Crippen molar-refractivity contribution < 1.29 is 9.59 Å². The predicted octanol–water partition coefficient (Wildman–Crippen LogP) is 5.22. The second-order valence-corrected chi connectivity index (χ2v) is 8.51. The van der Waals surface area contributed by atoms with Gasteiger partial charge in [0.2, 0.25) is 11.8 Å². The Labute approximate surface area is 201 Å². The molecule has 1 atom stereocenters. The van der Waals surface area contributed by atoms with E-state index in [9.17, 15) is 9.59 Å². The number of nitrogens with zero attached hydrogens (tertiary/aromatic N) is 1. The Kier molecular flexibility index (Phi) is 9.08. The largest absolute Gasteiger partial charge is 0.357 e. The molecule has 0 heterocycles. The number of hydrogen-bond donors (Lipinski definition) is 1. The lowest BCUT2D eigenvalue weighted by molar-refractivity contribution is -0.141. The zero-order valence-electron chi connectivity index (χ0n) is 19.3. The van der Waals surface area contributed by atoms with Crippen LogP contribution in [0.1, 0.15) is 35.6 Å². The molecular formula is C28H31ClN2O2. The number of halogens is 1. The van der Waals surface area contributed by atoms with E-state index in [-0.39, 0.29) is 18.4 Å². The van der Waals surface area contributed by atoms with Crippen molar-refractivity contribution in [1.82, 2.24) is 10.2 Å². The van der Waals surface area contributed by atoms with Crippen LogP contribution in [-0.2, 0) is 35.4 Å². The molecule has 0 spiro atoms. The number of hydrogen-bond acceptors (Lipinski definition) is 2. The highest BCUT2D eigenvalue weighted by molar-refractivity contribution is 6.31. The highest BCUT2D eigenvalue weighted by Gasteiger charge is 2.30. The molecule has 172 valence electrons. The summed E-state index contributed by atoms with van der Waals surface area (Å²) in [5.41, 5.74) is 4.20. The van der Waals surface area contributed by atoms with Crippen LogP contribution in [0.5, 0.6) is 0 Å². The third kappa shape index (κ3) is 6.93. The highest BCUT2D eigenvalue weighted by atomic mass is 35.5. The number of benzene rings is 3. The number of carbonyl (C=O) groups excluding carboxylic acids is 2. The van der Waals surface area contributed by atoms with Crippen LogP contribution in [0.25, 0.3) is 0 Å². The summed E-state index contributed by atoms with van der Waals surface area (Å²) in [4.78, 5) is 28.1. The summed E-state index contributed by atoms with van der Waals surface area (Å²) in [6.07, 6.45) is 2.35. The summed E-state index contributed by atoms with van der Waals surface area (Å²) in [5, 5.41) is 3.33. The van der Waals surface area contributed by atoms with E-state index in [2.05, 4.69) is 36.5 Å². The normalized spacial score (nSPS) is 11.6. The van der Waals surface area contributed by atoms with Crippen LogP contribution in [0.2, 0.25) is 5.02 Å². The number of carbonyl (C=O) groups is 2. The molecule has 0 fully saturated rings. The first-order valence-corrected chi connectivity index (χ1v) is 11.8. The minimum absolute atomic E-state index is 0.0704. The zero-order chi connectivity index (χ0) is 23.6. The third-order valence-corrected chi connectivity index (χ3v) is 6.24. The lowest BCUT2D eigenvalue weighted by atomic mass is 10.0. The molecule has 0 saturated heterocycles. The quantitative estimate of drug-likeness (QED) is 0.449. The van der Waals surface area contributed by atoms with Crippen molar-refractivity contribution in [3.05, 3.63) is 106 Å². The number of likely N-dealkylation sites (N-methyl/N-ethyl adjacent to an activating group) is 1. The van der Waals surface area contributed by atoms with Crippen LogP contribution in [0, 0.1) is 0 Å². The summed E-state index contributed by atoms with van der Waals surface area (Å²) in [7, 11) is 1.60. The Morgan fingerprint density at radius 2 is 1.52 bits per heavy atom. The Hall–Kier alpha value is -3.11. The molecule has 1 N–H and O–H groups in total. The maximum Gasteiger partial charge on any atom is 0.242 e. The molecule has 0 radical (unpaired) electrons. The second-order valence-electron chi connectivity index (χ2n) is 8.10. The van der Waals surface area contributed by atoms with Crippen molar-refractivity contribution in [3.8, 4) is 0 Å². The topological polar surface area (TPSA) is 49.4 Å². The SMILES string of the molecule is CCc1ccc(CCC(=O)N(Cc2ccccc2Cl)[C@H](Cc2ccccc2)C(=O)NC)cc1. The van der Waals surface area contributed by atoms with Crippen LogP contribution in [0.4, 0.5) is 0 Å². The first kappa shape index (κ1) is 24.5. The first-order chi connectivity index (χ1) is 16.0. The maximum atomic E-state index is 13.5. The van der Waals surface area contributed by atoms with Crippen molar-refractivity contribution in [1.29, 1.82) is 0 Å². The molecule has 0 unspecified atom stereocenters. The molecule has 0 aliphatic heterocycles. The summed E-state index contributed by atoms with van der Waals surface area (Å²) in [6.45, 7) is 2.40. The van der Waals surface area contributed by atoms with Gasteiger partial charge in [-0.1, -0.05) is 91.3 Å². The summed E-state index contributed by atoms with van der Waals surface area (Å²) < 4.78 is 0. The van der Waals surface area contributed by atoms with Crippen molar-refractivity contribution >= 4 is 23.4 Å².